The van der Waals surface area contributed by atoms with Gasteiger partial charge in [-0.2, -0.15) is 5.26 Å². The van der Waals surface area contributed by atoms with Gasteiger partial charge in [-0.25, -0.2) is 0 Å². The summed E-state index contributed by atoms with van der Waals surface area (Å²) in [4.78, 5) is 0. The number of allylic oxidation sites excluding steroid dienone is 1. The van der Waals surface area contributed by atoms with E-state index in [1.807, 2.05) is 13.0 Å². The molecule has 17 heavy (non-hydrogen) atoms. The second-order valence-corrected chi connectivity index (χ2v) is 5.08. The summed E-state index contributed by atoms with van der Waals surface area (Å²) >= 11 is 0. The van der Waals surface area contributed by atoms with Gasteiger partial charge in [-0.3, -0.25) is 0 Å². The van der Waals surface area contributed by atoms with E-state index < -0.39 is 0 Å². The standard InChI is InChI=1S/C16H29N/c1-3-4-5-6-7-8-9-10-11-12-13-14-16(2)15-17/h3,16H,1,4-14H2,2H3. The maximum absolute atomic E-state index is 8.64. The Morgan fingerprint density at radius 1 is 0.941 bits per heavy atom. The maximum atomic E-state index is 8.64. The van der Waals surface area contributed by atoms with Crippen LogP contribution in [0.2, 0.25) is 0 Å². The van der Waals surface area contributed by atoms with Crippen LogP contribution in [0.4, 0.5) is 0 Å². The van der Waals surface area contributed by atoms with Crippen molar-refractivity contribution in [3.8, 4) is 6.07 Å². The Balaban J connectivity index is 2.99. The summed E-state index contributed by atoms with van der Waals surface area (Å²) in [7, 11) is 0. The van der Waals surface area contributed by atoms with Gasteiger partial charge in [-0.15, -0.1) is 6.58 Å². The minimum atomic E-state index is 0.250. The van der Waals surface area contributed by atoms with Crippen molar-refractivity contribution in [2.45, 2.75) is 77.6 Å². The number of nitriles is 1. The van der Waals surface area contributed by atoms with Gasteiger partial charge in [0.25, 0.3) is 0 Å². The molecule has 0 amide bonds. The van der Waals surface area contributed by atoms with Crippen molar-refractivity contribution >= 4 is 0 Å². The highest BCUT2D eigenvalue weighted by molar-refractivity contribution is 4.77. The molecule has 0 spiro atoms. The second kappa shape index (κ2) is 13.3. The Morgan fingerprint density at radius 2 is 1.41 bits per heavy atom. The predicted molar refractivity (Wildman–Crippen MR) is 75.8 cm³/mol. The van der Waals surface area contributed by atoms with E-state index in [1.54, 1.807) is 0 Å². The largest absolute Gasteiger partial charge is 0.198 e. The third-order valence-corrected chi connectivity index (χ3v) is 3.27. The fraction of sp³-hybridized carbons (Fsp3) is 0.812. The molecule has 0 saturated carbocycles. The first kappa shape index (κ1) is 16.2. The lowest BCUT2D eigenvalue weighted by atomic mass is 10.0. The number of rotatable bonds is 12. The topological polar surface area (TPSA) is 23.8 Å². The van der Waals surface area contributed by atoms with Gasteiger partial charge in [-0.1, -0.05) is 57.4 Å². The quantitative estimate of drug-likeness (QED) is 0.318. The first-order chi connectivity index (χ1) is 8.31. The SMILES string of the molecule is C=CCCCCCCCCCCCC(C)C#N. The van der Waals surface area contributed by atoms with Crippen molar-refractivity contribution in [2.24, 2.45) is 5.92 Å². The molecular formula is C16H29N. The number of unbranched alkanes of at least 4 members (excludes halogenated alkanes) is 9. The highest BCUT2D eigenvalue weighted by Gasteiger charge is 1.98. The van der Waals surface area contributed by atoms with Crippen LogP contribution in [0.15, 0.2) is 12.7 Å². The van der Waals surface area contributed by atoms with Gasteiger partial charge in [0.15, 0.2) is 0 Å². The molecule has 0 aliphatic carbocycles. The van der Waals surface area contributed by atoms with E-state index in [-0.39, 0.29) is 5.92 Å². The second-order valence-electron chi connectivity index (χ2n) is 5.08. The molecule has 0 rings (SSSR count). The molecule has 0 aromatic carbocycles. The molecule has 0 N–H and O–H groups in total. The lowest BCUT2D eigenvalue weighted by Gasteiger charge is -2.03. The Kier molecular flexibility index (Phi) is 12.7. The molecule has 0 aliphatic rings. The highest BCUT2D eigenvalue weighted by atomic mass is 14.3. The monoisotopic (exact) mass is 235 g/mol. The molecule has 0 heterocycles. The van der Waals surface area contributed by atoms with Gasteiger partial charge >= 0.3 is 0 Å². The third-order valence-electron chi connectivity index (χ3n) is 3.27. The van der Waals surface area contributed by atoms with Crippen molar-refractivity contribution in [2.75, 3.05) is 0 Å². The van der Waals surface area contributed by atoms with Gasteiger partial charge in [-0.05, 0) is 26.2 Å². The molecule has 0 aromatic rings. The molecule has 0 radical (unpaired) electrons. The summed E-state index contributed by atoms with van der Waals surface area (Å²) in [6.07, 6.45) is 16.4. The van der Waals surface area contributed by atoms with Gasteiger partial charge in [0.1, 0.15) is 0 Å². The van der Waals surface area contributed by atoms with Crippen molar-refractivity contribution in [3.05, 3.63) is 12.7 Å². The van der Waals surface area contributed by atoms with Crippen LogP contribution in [0, 0.1) is 17.2 Å². The minimum absolute atomic E-state index is 0.250. The number of hydrogen-bond acceptors (Lipinski definition) is 1. The van der Waals surface area contributed by atoms with E-state index in [4.69, 9.17) is 5.26 Å². The molecule has 0 saturated heterocycles. The van der Waals surface area contributed by atoms with Gasteiger partial charge in [0.2, 0.25) is 0 Å². The van der Waals surface area contributed by atoms with Crippen LogP contribution in [-0.4, -0.2) is 0 Å². The number of hydrogen-bond donors (Lipinski definition) is 0. The average Bonchev–Trinajstić information content (AvgIpc) is 2.35. The van der Waals surface area contributed by atoms with E-state index in [0.29, 0.717) is 0 Å². The Morgan fingerprint density at radius 3 is 1.88 bits per heavy atom. The summed E-state index contributed by atoms with van der Waals surface area (Å²) in [6, 6.07) is 2.29. The minimum Gasteiger partial charge on any atom is -0.198 e. The fourth-order valence-corrected chi connectivity index (χ4v) is 2.04. The van der Waals surface area contributed by atoms with Crippen molar-refractivity contribution < 1.29 is 0 Å². The molecule has 0 bridgehead atoms. The highest BCUT2D eigenvalue weighted by Crippen LogP contribution is 2.13. The number of nitrogens with zero attached hydrogens (tertiary/aromatic N) is 1. The molecule has 98 valence electrons. The maximum Gasteiger partial charge on any atom is 0.0652 e. The molecule has 1 heteroatoms. The molecule has 0 aliphatic heterocycles. The van der Waals surface area contributed by atoms with Gasteiger partial charge < -0.3 is 0 Å². The van der Waals surface area contributed by atoms with E-state index >= 15 is 0 Å². The van der Waals surface area contributed by atoms with Crippen LogP contribution in [-0.2, 0) is 0 Å². The van der Waals surface area contributed by atoms with E-state index in [2.05, 4.69) is 12.6 Å². The Bertz CT molecular complexity index is 202. The van der Waals surface area contributed by atoms with Crippen molar-refractivity contribution in [1.29, 1.82) is 5.26 Å². The predicted octanol–water partition coefficient (Wildman–Crippen LogP) is 5.62. The first-order valence-electron chi connectivity index (χ1n) is 7.31. The summed E-state index contributed by atoms with van der Waals surface area (Å²) in [6.45, 7) is 5.75. The summed E-state index contributed by atoms with van der Waals surface area (Å²) in [5, 5.41) is 8.64. The van der Waals surface area contributed by atoms with Crippen LogP contribution >= 0.6 is 0 Å². The third kappa shape index (κ3) is 13.2. The van der Waals surface area contributed by atoms with Crippen LogP contribution < -0.4 is 0 Å². The van der Waals surface area contributed by atoms with Crippen molar-refractivity contribution in [1.82, 2.24) is 0 Å². The molecule has 0 fully saturated rings. The molecule has 0 aromatic heterocycles. The lowest BCUT2D eigenvalue weighted by Crippen LogP contribution is -1.89. The van der Waals surface area contributed by atoms with Gasteiger partial charge in [0, 0.05) is 5.92 Å². The smallest absolute Gasteiger partial charge is 0.0652 e. The zero-order valence-electron chi connectivity index (χ0n) is 11.6. The Labute approximate surface area is 108 Å². The van der Waals surface area contributed by atoms with Crippen LogP contribution in [0.25, 0.3) is 0 Å². The molecule has 1 nitrogen and oxygen atoms in total. The summed E-state index contributed by atoms with van der Waals surface area (Å²) in [5.41, 5.74) is 0. The van der Waals surface area contributed by atoms with E-state index in [1.165, 1.54) is 64.2 Å². The lowest BCUT2D eigenvalue weighted by molar-refractivity contribution is 0.531. The zero-order chi connectivity index (χ0) is 12.8. The Hall–Kier alpha value is -0.770. The van der Waals surface area contributed by atoms with E-state index in [9.17, 15) is 0 Å². The molecule has 1 unspecified atom stereocenters. The van der Waals surface area contributed by atoms with Gasteiger partial charge in [0.05, 0.1) is 6.07 Å². The van der Waals surface area contributed by atoms with E-state index in [0.717, 1.165) is 6.42 Å². The van der Waals surface area contributed by atoms with Crippen LogP contribution in [0.5, 0.6) is 0 Å². The fourth-order valence-electron chi connectivity index (χ4n) is 2.04. The van der Waals surface area contributed by atoms with Crippen molar-refractivity contribution in [3.63, 3.8) is 0 Å². The zero-order valence-corrected chi connectivity index (χ0v) is 11.6. The summed E-state index contributed by atoms with van der Waals surface area (Å²) < 4.78 is 0. The summed E-state index contributed by atoms with van der Waals surface area (Å²) in [5.74, 6) is 0.250. The molecule has 1 atom stereocenters. The molecular weight excluding hydrogens is 206 g/mol. The first-order valence-corrected chi connectivity index (χ1v) is 7.31. The van der Waals surface area contributed by atoms with Crippen LogP contribution in [0.1, 0.15) is 77.6 Å². The normalized spacial score (nSPS) is 12.0. The van der Waals surface area contributed by atoms with Crippen LogP contribution in [0.3, 0.4) is 0 Å². The average molecular weight is 235 g/mol.